The van der Waals surface area contributed by atoms with Crippen LogP contribution in [0.4, 0.5) is 0 Å². The van der Waals surface area contributed by atoms with Gasteiger partial charge in [-0.2, -0.15) is 10.4 Å². The lowest BCUT2D eigenvalue weighted by atomic mass is 10.0. The highest BCUT2D eigenvalue weighted by atomic mass is 35.5. The van der Waals surface area contributed by atoms with Crippen LogP contribution in [0.2, 0.25) is 5.02 Å². The standard InChI is InChI=1S/C19H15ClN4O/c1-23-11-16(17(20)7-19(23)25)13-9-22-24(10-13)18-4-2-3-14(12-5-6-12)15(18)8-21/h2-4,7,9-12H,5-6H2,1H3. The summed E-state index contributed by atoms with van der Waals surface area (Å²) in [6.45, 7) is 0. The molecule has 0 unspecified atom stereocenters. The molecule has 25 heavy (non-hydrogen) atoms. The predicted octanol–water partition coefficient (Wildman–Crippen LogP) is 3.64. The largest absolute Gasteiger partial charge is 0.318 e. The van der Waals surface area contributed by atoms with E-state index < -0.39 is 0 Å². The molecule has 124 valence electrons. The molecule has 0 amide bonds. The molecule has 1 fully saturated rings. The maximum atomic E-state index is 11.7. The molecule has 0 spiro atoms. The fraction of sp³-hybridized carbons (Fsp3) is 0.211. The molecule has 3 aromatic rings. The number of nitrogens with zero attached hydrogens (tertiary/aromatic N) is 4. The first-order valence-electron chi connectivity index (χ1n) is 8.03. The van der Waals surface area contributed by atoms with Crippen molar-refractivity contribution in [3.05, 3.63) is 69.4 Å². The van der Waals surface area contributed by atoms with E-state index in [1.807, 2.05) is 24.4 Å². The average Bonchev–Trinajstić information content (AvgIpc) is 3.34. The fourth-order valence-corrected chi connectivity index (χ4v) is 3.27. The Balaban J connectivity index is 1.81. The van der Waals surface area contributed by atoms with Gasteiger partial charge in [0.25, 0.3) is 5.56 Å². The highest BCUT2D eigenvalue weighted by Gasteiger charge is 2.27. The van der Waals surface area contributed by atoms with E-state index in [4.69, 9.17) is 11.6 Å². The molecule has 4 rings (SSSR count). The number of aromatic nitrogens is 3. The number of halogens is 1. The van der Waals surface area contributed by atoms with Crippen molar-refractivity contribution in [1.29, 1.82) is 5.26 Å². The summed E-state index contributed by atoms with van der Waals surface area (Å²) in [5, 5.41) is 14.4. The minimum absolute atomic E-state index is 0.162. The molecule has 5 nitrogen and oxygen atoms in total. The number of pyridine rings is 1. The highest BCUT2D eigenvalue weighted by Crippen LogP contribution is 2.42. The van der Waals surface area contributed by atoms with Gasteiger partial charge in [-0.1, -0.05) is 23.7 Å². The van der Waals surface area contributed by atoms with Crippen molar-refractivity contribution in [2.45, 2.75) is 18.8 Å². The second-order valence-corrected chi connectivity index (χ2v) is 6.69. The summed E-state index contributed by atoms with van der Waals surface area (Å²) in [4.78, 5) is 11.7. The van der Waals surface area contributed by atoms with Crippen molar-refractivity contribution < 1.29 is 0 Å². The summed E-state index contributed by atoms with van der Waals surface area (Å²) in [6, 6.07) is 9.60. The van der Waals surface area contributed by atoms with E-state index in [0.717, 1.165) is 35.2 Å². The van der Waals surface area contributed by atoms with Gasteiger partial charge in [-0.3, -0.25) is 4.79 Å². The lowest BCUT2D eigenvalue weighted by molar-refractivity contribution is 0.862. The molecule has 1 saturated carbocycles. The molecule has 0 N–H and O–H groups in total. The zero-order valence-electron chi connectivity index (χ0n) is 13.6. The van der Waals surface area contributed by atoms with Gasteiger partial charge in [0.15, 0.2) is 0 Å². The summed E-state index contributed by atoms with van der Waals surface area (Å²) in [6.07, 6.45) is 7.49. The summed E-state index contributed by atoms with van der Waals surface area (Å²) in [5.74, 6) is 0.489. The minimum Gasteiger partial charge on any atom is -0.318 e. The molecule has 0 bridgehead atoms. The van der Waals surface area contributed by atoms with Crippen LogP contribution in [-0.4, -0.2) is 14.3 Å². The van der Waals surface area contributed by atoms with Crippen molar-refractivity contribution in [2.24, 2.45) is 7.05 Å². The summed E-state index contributed by atoms with van der Waals surface area (Å²) >= 11 is 6.22. The molecule has 2 heterocycles. The van der Waals surface area contributed by atoms with Gasteiger partial charge in [-0.25, -0.2) is 4.68 Å². The Morgan fingerprint density at radius 2 is 2.12 bits per heavy atom. The summed E-state index contributed by atoms with van der Waals surface area (Å²) < 4.78 is 3.17. The Hall–Kier alpha value is -2.84. The SMILES string of the molecule is Cn1cc(-c2cnn(-c3cccc(C4CC4)c3C#N)c2)c(Cl)cc1=O. The summed E-state index contributed by atoms with van der Waals surface area (Å²) in [7, 11) is 1.68. The quantitative estimate of drug-likeness (QED) is 0.724. The monoisotopic (exact) mass is 350 g/mol. The van der Waals surface area contributed by atoms with E-state index in [9.17, 15) is 10.1 Å². The van der Waals surface area contributed by atoms with Gasteiger partial charge in [0.1, 0.15) is 6.07 Å². The molecular formula is C19H15ClN4O. The molecule has 1 aliphatic carbocycles. The van der Waals surface area contributed by atoms with Crippen LogP contribution < -0.4 is 5.56 Å². The summed E-state index contributed by atoms with van der Waals surface area (Å²) in [5.41, 5.74) is 3.89. The maximum Gasteiger partial charge on any atom is 0.251 e. The minimum atomic E-state index is -0.162. The molecular weight excluding hydrogens is 336 g/mol. The Morgan fingerprint density at radius 1 is 1.32 bits per heavy atom. The lowest BCUT2D eigenvalue weighted by Crippen LogP contribution is -2.14. The fourth-order valence-electron chi connectivity index (χ4n) is 3.02. The third-order valence-electron chi connectivity index (χ3n) is 4.52. The number of aryl methyl sites for hydroxylation is 1. The van der Waals surface area contributed by atoms with Crippen LogP contribution in [0, 0.1) is 11.3 Å². The van der Waals surface area contributed by atoms with E-state index in [2.05, 4.69) is 11.2 Å². The smallest absolute Gasteiger partial charge is 0.251 e. The van der Waals surface area contributed by atoms with E-state index in [0.29, 0.717) is 16.5 Å². The van der Waals surface area contributed by atoms with Gasteiger partial charge in [0, 0.05) is 36.6 Å². The van der Waals surface area contributed by atoms with Crippen molar-refractivity contribution in [3.63, 3.8) is 0 Å². The van der Waals surface area contributed by atoms with Crippen LogP contribution in [0.5, 0.6) is 0 Å². The van der Waals surface area contributed by atoms with Crippen LogP contribution in [0.1, 0.15) is 29.9 Å². The molecule has 0 saturated heterocycles. The van der Waals surface area contributed by atoms with Gasteiger partial charge in [0.05, 0.1) is 22.5 Å². The Labute approximate surface area is 149 Å². The number of hydrogen-bond acceptors (Lipinski definition) is 3. The first-order valence-corrected chi connectivity index (χ1v) is 8.41. The molecule has 2 aromatic heterocycles. The second-order valence-electron chi connectivity index (χ2n) is 6.29. The van der Waals surface area contributed by atoms with Crippen molar-refractivity contribution in [1.82, 2.24) is 14.3 Å². The van der Waals surface area contributed by atoms with E-state index in [-0.39, 0.29) is 5.56 Å². The zero-order chi connectivity index (χ0) is 17.6. The highest BCUT2D eigenvalue weighted by molar-refractivity contribution is 6.33. The third-order valence-corrected chi connectivity index (χ3v) is 4.83. The van der Waals surface area contributed by atoms with E-state index in [1.54, 1.807) is 24.1 Å². The van der Waals surface area contributed by atoms with Crippen molar-refractivity contribution >= 4 is 11.6 Å². The normalized spacial score (nSPS) is 13.6. The topological polar surface area (TPSA) is 63.6 Å². The van der Waals surface area contributed by atoms with Crippen LogP contribution >= 0.6 is 11.6 Å². The first kappa shape index (κ1) is 15.7. The van der Waals surface area contributed by atoms with E-state index in [1.165, 1.54) is 10.6 Å². The molecule has 0 aliphatic heterocycles. The number of hydrogen-bond donors (Lipinski definition) is 0. The molecule has 6 heteroatoms. The maximum absolute atomic E-state index is 11.7. The molecule has 1 aliphatic rings. The number of rotatable bonds is 3. The van der Waals surface area contributed by atoms with E-state index >= 15 is 0 Å². The number of benzene rings is 1. The second kappa shape index (κ2) is 5.91. The van der Waals surface area contributed by atoms with Gasteiger partial charge >= 0.3 is 0 Å². The van der Waals surface area contributed by atoms with Crippen LogP contribution in [0.15, 0.2) is 47.7 Å². The Bertz CT molecular complexity index is 1070. The zero-order valence-corrected chi connectivity index (χ0v) is 14.4. The molecule has 1 aromatic carbocycles. The van der Waals surface area contributed by atoms with Crippen LogP contribution in [-0.2, 0) is 7.05 Å². The van der Waals surface area contributed by atoms with Crippen LogP contribution in [0.3, 0.4) is 0 Å². The molecule has 0 atom stereocenters. The lowest BCUT2D eigenvalue weighted by Gasteiger charge is -2.08. The number of nitriles is 1. The Kier molecular flexibility index (Phi) is 3.70. The average molecular weight is 351 g/mol. The van der Waals surface area contributed by atoms with Gasteiger partial charge in [-0.05, 0) is 30.4 Å². The van der Waals surface area contributed by atoms with Crippen molar-refractivity contribution in [2.75, 3.05) is 0 Å². The van der Waals surface area contributed by atoms with Crippen LogP contribution in [0.25, 0.3) is 16.8 Å². The van der Waals surface area contributed by atoms with Gasteiger partial charge < -0.3 is 4.57 Å². The Morgan fingerprint density at radius 3 is 2.84 bits per heavy atom. The van der Waals surface area contributed by atoms with Crippen molar-refractivity contribution in [3.8, 4) is 22.9 Å². The third kappa shape index (κ3) is 2.75. The van der Waals surface area contributed by atoms with Gasteiger partial charge in [0.2, 0.25) is 0 Å². The first-order chi connectivity index (χ1) is 12.1. The molecule has 0 radical (unpaired) electrons. The predicted molar refractivity (Wildman–Crippen MR) is 95.9 cm³/mol. The van der Waals surface area contributed by atoms with Gasteiger partial charge in [-0.15, -0.1) is 0 Å².